The summed E-state index contributed by atoms with van der Waals surface area (Å²) >= 11 is 0. The van der Waals surface area contributed by atoms with Gasteiger partial charge in [-0.25, -0.2) is 4.39 Å². The van der Waals surface area contributed by atoms with Crippen LogP contribution in [0.5, 0.6) is 0 Å². The van der Waals surface area contributed by atoms with Gasteiger partial charge in [0.1, 0.15) is 18.2 Å². The molecule has 0 atom stereocenters. The molecule has 0 spiro atoms. The molecule has 2 aromatic heterocycles. The van der Waals surface area contributed by atoms with Gasteiger partial charge in [0.2, 0.25) is 11.9 Å². The molecule has 4 heteroatoms. The summed E-state index contributed by atoms with van der Waals surface area (Å²) in [4.78, 5) is 0. The van der Waals surface area contributed by atoms with Crippen LogP contribution in [-0.2, 0) is 7.05 Å². The van der Waals surface area contributed by atoms with Crippen LogP contribution in [0.25, 0.3) is 33.2 Å². The molecule has 122 valence electrons. The Labute approximate surface area is 148 Å². The molecule has 0 unspecified atom stereocenters. The van der Waals surface area contributed by atoms with Gasteiger partial charge >= 0.3 is 0 Å². The molecule has 0 bridgehead atoms. The molecule has 0 N–H and O–H groups in total. The molecule has 0 fully saturated rings. The number of aromatic nitrogens is 1. The Balaban J connectivity index is 2.10. The third-order valence-corrected chi connectivity index (χ3v) is 4.46. The average Bonchev–Trinajstić information content (AvgIpc) is 2.99. The molecule has 2 aromatic carbocycles. The zero-order valence-corrected chi connectivity index (χ0v) is 13.7. The Hall–Kier alpha value is -3.19. The van der Waals surface area contributed by atoms with E-state index in [9.17, 15) is 9.65 Å². The number of fused-ring (bicyclic) bond motifs is 3. The lowest BCUT2D eigenvalue weighted by atomic mass is 9.99. The second-order valence-electron chi connectivity index (χ2n) is 6.09. The van der Waals surface area contributed by atoms with Gasteiger partial charge in [0.15, 0.2) is 5.82 Å². The van der Waals surface area contributed by atoms with E-state index < -0.39 is 12.7 Å². The molecular weight excluding hydrogens is 315 g/mol. The summed E-state index contributed by atoms with van der Waals surface area (Å²) in [6, 6.07) is 12.5. The Morgan fingerprint density at radius 2 is 2.00 bits per heavy atom. The monoisotopic (exact) mass is 334 g/mol. The molecule has 0 aliphatic carbocycles. The van der Waals surface area contributed by atoms with E-state index in [2.05, 4.69) is 6.07 Å². The van der Waals surface area contributed by atoms with Crippen LogP contribution in [-0.4, -0.2) is 0 Å². The molecule has 0 amide bonds. The Morgan fingerprint density at radius 1 is 1.16 bits per heavy atom. The summed E-state index contributed by atoms with van der Waals surface area (Å²) in [6.07, 6.45) is 1.17. The summed E-state index contributed by atoms with van der Waals surface area (Å²) in [5.74, 6) is -0.778. The van der Waals surface area contributed by atoms with Crippen LogP contribution in [0.1, 0.15) is 20.8 Å². The quantitative estimate of drug-likeness (QED) is 0.473. The molecule has 3 nitrogen and oxygen atoms in total. The SMILES string of the molecule is [2H]C([2H])([2H])c1cc(-c2c(C)ccc3c2oc2ccc(C#N)cc23)[n+](C)cc1F. The summed E-state index contributed by atoms with van der Waals surface area (Å²) in [5, 5.41) is 10.8. The molecule has 0 saturated carbocycles. The first-order valence-electron chi connectivity index (χ1n) is 9.26. The largest absolute Gasteiger partial charge is 0.455 e. The van der Waals surface area contributed by atoms with Crippen LogP contribution < -0.4 is 4.57 Å². The summed E-state index contributed by atoms with van der Waals surface area (Å²) in [6.45, 7) is -0.675. The number of nitriles is 1. The maximum absolute atomic E-state index is 14.3. The number of hydrogen-bond donors (Lipinski definition) is 0. The van der Waals surface area contributed by atoms with Crippen molar-refractivity contribution >= 4 is 21.9 Å². The number of hydrogen-bond acceptors (Lipinski definition) is 2. The van der Waals surface area contributed by atoms with Crippen LogP contribution in [0.15, 0.2) is 47.0 Å². The summed E-state index contributed by atoms with van der Waals surface area (Å²) in [5.41, 5.74) is 3.49. The van der Waals surface area contributed by atoms with Crippen LogP contribution in [0, 0.1) is 30.9 Å². The summed E-state index contributed by atoms with van der Waals surface area (Å²) in [7, 11) is 1.66. The average molecular weight is 334 g/mol. The second kappa shape index (κ2) is 5.42. The van der Waals surface area contributed by atoms with E-state index in [1.165, 1.54) is 12.3 Å². The smallest absolute Gasteiger partial charge is 0.216 e. The van der Waals surface area contributed by atoms with Gasteiger partial charge < -0.3 is 4.42 Å². The van der Waals surface area contributed by atoms with Gasteiger partial charge in [0, 0.05) is 21.0 Å². The van der Waals surface area contributed by atoms with E-state index in [-0.39, 0.29) is 5.56 Å². The van der Waals surface area contributed by atoms with Crippen molar-refractivity contribution < 1.29 is 17.5 Å². The maximum atomic E-state index is 14.3. The minimum atomic E-state index is -2.57. The van der Waals surface area contributed by atoms with Crippen molar-refractivity contribution in [2.45, 2.75) is 13.8 Å². The van der Waals surface area contributed by atoms with E-state index >= 15 is 0 Å². The molecule has 0 radical (unpaired) electrons. The Bertz CT molecular complexity index is 1300. The van der Waals surface area contributed by atoms with E-state index in [0.717, 1.165) is 16.3 Å². The molecule has 25 heavy (non-hydrogen) atoms. The molecule has 4 aromatic rings. The first-order valence-corrected chi connectivity index (χ1v) is 7.76. The maximum Gasteiger partial charge on any atom is 0.216 e. The molecule has 0 saturated heterocycles. The highest BCUT2D eigenvalue weighted by Crippen LogP contribution is 2.37. The highest BCUT2D eigenvalue weighted by molar-refractivity contribution is 6.10. The third-order valence-electron chi connectivity index (χ3n) is 4.46. The number of benzene rings is 2. The molecule has 0 aliphatic rings. The fraction of sp³-hybridized carbons (Fsp3) is 0.143. The van der Waals surface area contributed by atoms with E-state index in [4.69, 9.17) is 8.53 Å². The van der Waals surface area contributed by atoms with E-state index in [0.29, 0.717) is 28.0 Å². The van der Waals surface area contributed by atoms with Crippen molar-refractivity contribution in [3.63, 3.8) is 0 Å². The number of halogens is 1. The fourth-order valence-electron chi connectivity index (χ4n) is 3.19. The van der Waals surface area contributed by atoms with Gasteiger partial charge in [-0.15, -0.1) is 0 Å². The molecule has 4 rings (SSSR count). The van der Waals surface area contributed by atoms with Crippen molar-refractivity contribution in [1.82, 2.24) is 0 Å². The lowest BCUT2D eigenvalue weighted by Gasteiger charge is -2.06. The van der Waals surface area contributed by atoms with Crippen molar-refractivity contribution in [3.05, 3.63) is 65.1 Å². The zero-order valence-electron chi connectivity index (χ0n) is 16.7. The van der Waals surface area contributed by atoms with Gasteiger partial charge in [0.05, 0.1) is 17.2 Å². The lowest BCUT2D eigenvalue weighted by molar-refractivity contribution is -0.662. The van der Waals surface area contributed by atoms with Crippen LogP contribution in [0.4, 0.5) is 4.39 Å². The van der Waals surface area contributed by atoms with E-state index in [1.807, 2.05) is 19.1 Å². The van der Waals surface area contributed by atoms with Gasteiger partial charge in [-0.1, -0.05) is 12.1 Å². The van der Waals surface area contributed by atoms with Crippen molar-refractivity contribution in [2.24, 2.45) is 7.05 Å². The van der Waals surface area contributed by atoms with Gasteiger partial charge in [-0.05, 0) is 43.1 Å². The number of rotatable bonds is 1. The fourth-order valence-corrected chi connectivity index (χ4v) is 3.19. The minimum absolute atomic E-state index is 0.333. The van der Waals surface area contributed by atoms with Crippen molar-refractivity contribution in [2.75, 3.05) is 0 Å². The molecule has 2 heterocycles. The third kappa shape index (κ3) is 2.28. The van der Waals surface area contributed by atoms with Gasteiger partial charge in [0.25, 0.3) is 0 Å². The topological polar surface area (TPSA) is 40.8 Å². The van der Waals surface area contributed by atoms with Crippen LogP contribution >= 0.6 is 0 Å². The predicted molar refractivity (Wildman–Crippen MR) is 94.5 cm³/mol. The number of furan rings is 1. The highest BCUT2D eigenvalue weighted by Gasteiger charge is 2.22. The van der Waals surface area contributed by atoms with Gasteiger partial charge in [-0.3, -0.25) is 0 Å². The van der Waals surface area contributed by atoms with Crippen molar-refractivity contribution in [1.29, 1.82) is 5.26 Å². The lowest BCUT2D eigenvalue weighted by Crippen LogP contribution is -2.31. The molecular formula is C21H16FN2O+. The zero-order chi connectivity index (χ0) is 20.2. The van der Waals surface area contributed by atoms with E-state index in [1.54, 1.807) is 29.8 Å². The standard InChI is InChI=1S/C21H16FN2O/c1-12-4-6-15-16-9-14(10-23)5-7-19(16)25-21(15)20(12)18-8-13(2)17(22)11-24(18)3/h4-9,11H,1-3H3/q+1/i2D3. The summed E-state index contributed by atoms with van der Waals surface area (Å²) < 4.78 is 44.8. The highest BCUT2D eigenvalue weighted by atomic mass is 19.1. The van der Waals surface area contributed by atoms with Crippen LogP contribution in [0.3, 0.4) is 0 Å². The normalized spacial score (nSPS) is 13.4. The number of pyridine rings is 1. The number of nitrogens with zero attached hydrogens (tertiary/aromatic N) is 2. The predicted octanol–water partition coefficient (Wildman–Crippen LogP) is 4.71. The Morgan fingerprint density at radius 3 is 2.76 bits per heavy atom. The number of aryl methyl sites for hydroxylation is 3. The first-order chi connectivity index (χ1) is 13.2. The van der Waals surface area contributed by atoms with Crippen LogP contribution in [0.2, 0.25) is 0 Å². The van der Waals surface area contributed by atoms with Gasteiger partial charge in [-0.2, -0.15) is 9.83 Å². The minimum Gasteiger partial charge on any atom is -0.455 e. The second-order valence-corrected chi connectivity index (χ2v) is 6.09. The first kappa shape index (κ1) is 12.2. The Kier molecular flexibility index (Phi) is 2.65. The van der Waals surface area contributed by atoms with Crippen molar-refractivity contribution in [3.8, 4) is 17.3 Å². The molecule has 0 aliphatic heterocycles.